The van der Waals surface area contributed by atoms with Crippen molar-refractivity contribution in [3.05, 3.63) is 100 Å². The lowest BCUT2D eigenvalue weighted by atomic mass is 9.92. The van der Waals surface area contributed by atoms with Crippen LogP contribution in [0.15, 0.2) is 78.0 Å². The zero-order valence-corrected chi connectivity index (χ0v) is 23.9. The molecule has 5 nitrogen and oxygen atoms in total. The summed E-state index contributed by atoms with van der Waals surface area (Å²) < 4.78 is 0. The summed E-state index contributed by atoms with van der Waals surface area (Å²) >= 11 is 1.83. The largest absolute Gasteiger partial charge is 0.353 e. The average molecular weight is 546 g/mol. The van der Waals surface area contributed by atoms with Crippen LogP contribution in [-0.4, -0.2) is 40.2 Å². The Hall–Kier alpha value is -3.61. The molecule has 7 rings (SSSR count). The van der Waals surface area contributed by atoms with Gasteiger partial charge in [0.15, 0.2) is 0 Å². The number of fused-ring (bicyclic) bond motifs is 2. The number of piperidine rings is 1. The maximum Gasteiger partial charge on any atom is 0.0881 e. The van der Waals surface area contributed by atoms with Gasteiger partial charge in [-0.15, -0.1) is 11.3 Å². The second kappa shape index (κ2) is 11.1. The summed E-state index contributed by atoms with van der Waals surface area (Å²) in [6, 6.07) is 13.6. The van der Waals surface area contributed by atoms with Crippen molar-refractivity contribution in [2.24, 2.45) is 4.99 Å². The summed E-state index contributed by atoms with van der Waals surface area (Å²) in [4.78, 5) is 19.5. The van der Waals surface area contributed by atoms with Gasteiger partial charge in [0.05, 0.1) is 23.3 Å². The molecule has 40 heavy (non-hydrogen) atoms. The van der Waals surface area contributed by atoms with Gasteiger partial charge in [-0.3, -0.25) is 19.9 Å². The van der Waals surface area contributed by atoms with Gasteiger partial charge in [-0.25, -0.2) is 0 Å². The monoisotopic (exact) mass is 545 g/mol. The number of aliphatic imine (C=N–C) groups is 1. The molecule has 3 aliphatic rings. The summed E-state index contributed by atoms with van der Waals surface area (Å²) in [7, 11) is 0. The molecular formula is C34H35N5S. The molecule has 0 aliphatic carbocycles. The van der Waals surface area contributed by atoms with Gasteiger partial charge < -0.3 is 5.32 Å². The molecule has 4 aromatic rings. The molecule has 3 aliphatic heterocycles. The van der Waals surface area contributed by atoms with Gasteiger partial charge in [0, 0.05) is 58.1 Å². The third kappa shape index (κ3) is 5.14. The smallest absolute Gasteiger partial charge is 0.0881 e. The summed E-state index contributed by atoms with van der Waals surface area (Å²) in [5.74, 6) is 0. The molecule has 0 radical (unpaired) electrons. The highest BCUT2D eigenvalue weighted by atomic mass is 32.1. The minimum atomic E-state index is 0.838. The fourth-order valence-electron chi connectivity index (χ4n) is 6.24. The Bertz CT molecular complexity index is 1610. The van der Waals surface area contributed by atoms with Crippen LogP contribution in [0.4, 0.5) is 5.69 Å². The van der Waals surface area contributed by atoms with Crippen LogP contribution in [0.2, 0.25) is 0 Å². The molecule has 1 aromatic carbocycles. The minimum absolute atomic E-state index is 0.838. The Morgan fingerprint density at radius 3 is 2.65 bits per heavy atom. The fraction of sp³-hybridized carbons (Fsp3) is 0.324. The first-order valence-electron chi connectivity index (χ1n) is 14.6. The highest BCUT2D eigenvalue weighted by Crippen LogP contribution is 2.37. The van der Waals surface area contributed by atoms with Crippen LogP contribution in [0.5, 0.6) is 0 Å². The zero-order chi connectivity index (χ0) is 26.9. The van der Waals surface area contributed by atoms with Gasteiger partial charge >= 0.3 is 0 Å². The number of aryl methyl sites for hydroxylation is 2. The number of hydrogen-bond donors (Lipinski definition) is 1. The molecule has 1 N–H and O–H groups in total. The number of likely N-dealkylation sites (tertiary alicyclic amines) is 1. The van der Waals surface area contributed by atoms with Gasteiger partial charge in [-0.05, 0) is 98.6 Å². The van der Waals surface area contributed by atoms with Crippen molar-refractivity contribution >= 4 is 22.7 Å². The van der Waals surface area contributed by atoms with E-state index in [-0.39, 0.29) is 0 Å². The number of benzene rings is 1. The standard InChI is InChI=1S/C34H35N5S/c1-23-7-12-33(40-23)30-20-36-21-32-28(30)10-11-31(38-32)34-29-17-26(9-8-25(29)6-5-13-37-34)27-16-24(18-35-19-27)22-39-14-3-2-4-15-39/h7-9,11-12,16-21,38H,2-6,10,13-15,22H2,1H3. The Labute approximate surface area is 240 Å². The summed E-state index contributed by atoms with van der Waals surface area (Å²) in [6.07, 6.45) is 17.2. The van der Waals surface area contributed by atoms with Crippen LogP contribution in [0.3, 0.4) is 0 Å². The molecule has 202 valence electrons. The second-order valence-electron chi connectivity index (χ2n) is 11.2. The molecule has 0 atom stereocenters. The Balaban J connectivity index is 1.19. The number of hydrogen-bond acceptors (Lipinski definition) is 6. The van der Waals surface area contributed by atoms with Crippen LogP contribution < -0.4 is 5.32 Å². The molecular weight excluding hydrogens is 510 g/mol. The zero-order valence-electron chi connectivity index (χ0n) is 23.1. The number of anilines is 1. The van der Waals surface area contributed by atoms with E-state index in [1.54, 1.807) is 0 Å². The molecule has 6 heteroatoms. The third-order valence-electron chi connectivity index (χ3n) is 8.32. The minimum Gasteiger partial charge on any atom is -0.353 e. The van der Waals surface area contributed by atoms with Crippen molar-refractivity contribution in [1.82, 2.24) is 14.9 Å². The highest BCUT2D eigenvalue weighted by molar-refractivity contribution is 7.15. The van der Waals surface area contributed by atoms with Crippen LogP contribution in [0.1, 0.15) is 52.8 Å². The first-order valence-corrected chi connectivity index (χ1v) is 15.4. The fourth-order valence-corrected chi connectivity index (χ4v) is 7.15. The van der Waals surface area contributed by atoms with E-state index >= 15 is 0 Å². The summed E-state index contributed by atoms with van der Waals surface area (Å²) in [6.45, 7) is 6.36. The number of allylic oxidation sites excluding steroid dienone is 2. The van der Waals surface area contributed by atoms with Crippen molar-refractivity contribution in [3.8, 4) is 21.6 Å². The lowest BCUT2D eigenvalue weighted by molar-refractivity contribution is 0.220. The number of rotatable bonds is 5. The molecule has 3 aromatic heterocycles. The number of pyridine rings is 2. The van der Waals surface area contributed by atoms with Crippen LogP contribution in [0, 0.1) is 6.92 Å². The van der Waals surface area contributed by atoms with E-state index in [1.165, 1.54) is 81.1 Å². The second-order valence-corrected chi connectivity index (χ2v) is 12.5. The Morgan fingerprint density at radius 2 is 1.77 bits per heavy atom. The number of thiophene rings is 1. The summed E-state index contributed by atoms with van der Waals surface area (Å²) in [5, 5.41) is 3.72. The molecule has 1 fully saturated rings. The molecule has 0 unspecified atom stereocenters. The molecule has 0 spiro atoms. The highest BCUT2D eigenvalue weighted by Gasteiger charge is 2.23. The lowest BCUT2D eigenvalue weighted by Crippen LogP contribution is -2.29. The van der Waals surface area contributed by atoms with Gasteiger partial charge in [-0.1, -0.05) is 24.6 Å². The van der Waals surface area contributed by atoms with Gasteiger partial charge in [0.2, 0.25) is 0 Å². The van der Waals surface area contributed by atoms with Gasteiger partial charge in [0.25, 0.3) is 0 Å². The predicted molar refractivity (Wildman–Crippen MR) is 166 cm³/mol. The quantitative estimate of drug-likeness (QED) is 0.283. The van der Waals surface area contributed by atoms with Gasteiger partial charge in [0.1, 0.15) is 0 Å². The van der Waals surface area contributed by atoms with Crippen molar-refractivity contribution in [2.45, 2.75) is 52.0 Å². The van der Waals surface area contributed by atoms with E-state index in [2.05, 4.69) is 69.6 Å². The van der Waals surface area contributed by atoms with Crippen LogP contribution in [-0.2, 0) is 19.4 Å². The number of nitrogens with zero attached hydrogens (tertiary/aromatic N) is 4. The third-order valence-corrected chi connectivity index (χ3v) is 9.35. The summed E-state index contributed by atoms with van der Waals surface area (Å²) in [5.41, 5.74) is 12.0. The normalized spacial score (nSPS) is 17.2. The predicted octanol–water partition coefficient (Wildman–Crippen LogP) is 7.45. The lowest BCUT2D eigenvalue weighted by Gasteiger charge is -2.26. The van der Waals surface area contributed by atoms with E-state index in [4.69, 9.17) is 4.99 Å². The Morgan fingerprint density at radius 1 is 0.875 bits per heavy atom. The molecule has 0 bridgehead atoms. The first-order chi connectivity index (χ1) is 19.7. The molecule has 6 heterocycles. The van der Waals surface area contributed by atoms with Crippen molar-refractivity contribution in [2.75, 3.05) is 25.0 Å². The molecule has 1 saturated heterocycles. The van der Waals surface area contributed by atoms with Crippen molar-refractivity contribution in [1.29, 1.82) is 0 Å². The van der Waals surface area contributed by atoms with E-state index in [1.807, 2.05) is 36.1 Å². The first kappa shape index (κ1) is 25.4. The van der Waals surface area contributed by atoms with E-state index in [9.17, 15) is 0 Å². The number of aromatic nitrogens is 2. The average Bonchev–Trinajstić information content (AvgIpc) is 3.31. The molecule has 0 amide bonds. The van der Waals surface area contributed by atoms with Crippen molar-refractivity contribution in [3.63, 3.8) is 0 Å². The van der Waals surface area contributed by atoms with E-state index < -0.39 is 0 Å². The van der Waals surface area contributed by atoms with E-state index in [0.717, 1.165) is 49.4 Å². The van der Waals surface area contributed by atoms with Crippen molar-refractivity contribution < 1.29 is 0 Å². The SMILES string of the molecule is Cc1ccc(-c2cncc3c2CC=C(C2=NCCCc4ccc(-c5cncc(CN6CCCCC6)c5)cc42)N3)s1. The van der Waals surface area contributed by atoms with E-state index in [0.29, 0.717) is 0 Å². The van der Waals surface area contributed by atoms with Crippen LogP contribution in [0.25, 0.3) is 21.6 Å². The maximum atomic E-state index is 5.12. The Kier molecular flexibility index (Phi) is 7.04. The topological polar surface area (TPSA) is 53.4 Å². The van der Waals surface area contributed by atoms with Gasteiger partial charge in [-0.2, -0.15) is 0 Å². The number of nitrogens with one attached hydrogen (secondary N) is 1. The van der Waals surface area contributed by atoms with Crippen LogP contribution >= 0.6 is 11.3 Å². The molecule has 0 saturated carbocycles. The maximum absolute atomic E-state index is 5.12.